The second-order valence-corrected chi connectivity index (χ2v) is 6.19. The van der Waals surface area contributed by atoms with Crippen molar-refractivity contribution in [2.75, 3.05) is 13.7 Å². The van der Waals surface area contributed by atoms with E-state index in [0.717, 1.165) is 3.57 Å². The molecule has 1 rings (SSSR count). The van der Waals surface area contributed by atoms with Crippen molar-refractivity contribution in [3.63, 3.8) is 0 Å². The first-order valence-electron chi connectivity index (χ1n) is 4.78. The zero-order valence-corrected chi connectivity index (χ0v) is 12.1. The van der Waals surface area contributed by atoms with Gasteiger partial charge >= 0.3 is 5.97 Å². The van der Waals surface area contributed by atoms with Crippen LogP contribution in [0, 0.1) is 3.57 Å². The minimum absolute atomic E-state index is 0.0140. The topological polar surface area (TPSA) is 72.5 Å². The van der Waals surface area contributed by atoms with Gasteiger partial charge in [-0.2, -0.15) is 0 Å². The minimum Gasteiger partial charge on any atom is -0.469 e. The molecular formula is C10H12INO4S. The normalized spacial score (nSPS) is 11.2. The van der Waals surface area contributed by atoms with Crippen LogP contribution in [0.1, 0.15) is 6.42 Å². The molecule has 1 N–H and O–H groups in total. The SMILES string of the molecule is COC(=O)CCNS(=O)(=O)c1ccc(I)cc1. The third kappa shape index (κ3) is 4.60. The lowest BCUT2D eigenvalue weighted by molar-refractivity contribution is -0.140. The van der Waals surface area contributed by atoms with Gasteiger partial charge in [-0.15, -0.1) is 0 Å². The van der Waals surface area contributed by atoms with Gasteiger partial charge in [0.2, 0.25) is 10.0 Å². The molecule has 0 bridgehead atoms. The van der Waals surface area contributed by atoms with Crippen molar-refractivity contribution in [1.29, 1.82) is 0 Å². The number of carbonyl (C=O) groups excluding carboxylic acids is 1. The van der Waals surface area contributed by atoms with Crippen molar-refractivity contribution >= 4 is 38.6 Å². The molecule has 7 heteroatoms. The molecule has 0 atom stereocenters. The molecule has 0 aliphatic carbocycles. The van der Waals surface area contributed by atoms with E-state index in [1.165, 1.54) is 19.2 Å². The molecule has 0 heterocycles. The van der Waals surface area contributed by atoms with E-state index in [1.54, 1.807) is 12.1 Å². The lowest BCUT2D eigenvalue weighted by Crippen LogP contribution is -2.26. The Labute approximate surface area is 114 Å². The fraction of sp³-hybridized carbons (Fsp3) is 0.300. The maximum atomic E-state index is 11.7. The van der Waals surface area contributed by atoms with Gasteiger partial charge in [-0.05, 0) is 46.9 Å². The highest BCUT2D eigenvalue weighted by molar-refractivity contribution is 14.1. The van der Waals surface area contributed by atoms with Gasteiger partial charge in [0.25, 0.3) is 0 Å². The first-order chi connectivity index (χ1) is 7.95. The molecule has 0 unspecified atom stereocenters. The van der Waals surface area contributed by atoms with Gasteiger partial charge in [0.1, 0.15) is 0 Å². The molecule has 0 amide bonds. The lowest BCUT2D eigenvalue weighted by atomic mass is 10.4. The van der Waals surface area contributed by atoms with E-state index in [0.29, 0.717) is 0 Å². The number of halogens is 1. The van der Waals surface area contributed by atoms with Crippen molar-refractivity contribution in [2.45, 2.75) is 11.3 Å². The van der Waals surface area contributed by atoms with Crippen molar-refractivity contribution in [2.24, 2.45) is 0 Å². The summed E-state index contributed by atoms with van der Waals surface area (Å²) in [6.07, 6.45) is 0.0140. The van der Waals surface area contributed by atoms with Crippen LogP contribution < -0.4 is 4.72 Å². The van der Waals surface area contributed by atoms with Crippen LogP contribution in [0.2, 0.25) is 0 Å². The van der Waals surface area contributed by atoms with Crippen LogP contribution in [-0.2, 0) is 19.6 Å². The number of nitrogens with one attached hydrogen (secondary N) is 1. The molecule has 0 radical (unpaired) electrons. The number of ether oxygens (including phenoxy) is 1. The molecule has 1 aromatic rings. The molecule has 94 valence electrons. The van der Waals surface area contributed by atoms with E-state index in [9.17, 15) is 13.2 Å². The summed E-state index contributed by atoms with van der Waals surface area (Å²) in [5.41, 5.74) is 0. The highest BCUT2D eigenvalue weighted by Crippen LogP contribution is 2.11. The third-order valence-corrected chi connectivity index (χ3v) is 4.17. The van der Waals surface area contributed by atoms with E-state index < -0.39 is 16.0 Å². The fourth-order valence-corrected chi connectivity index (χ4v) is 2.48. The molecule has 0 saturated carbocycles. The molecule has 5 nitrogen and oxygen atoms in total. The van der Waals surface area contributed by atoms with E-state index >= 15 is 0 Å². The summed E-state index contributed by atoms with van der Waals surface area (Å²) in [5, 5.41) is 0. The predicted molar refractivity (Wildman–Crippen MR) is 71.0 cm³/mol. The molecule has 0 spiro atoms. The lowest BCUT2D eigenvalue weighted by Gasteiger charge is -2.06. The summed E-state index contributed by atoms with van der Waals surface area (Å²) < 4.78 is 31.2. The van der Waals surface area contributed by atoms with Crippen LogP contribution in [0.3, 0.4) is 0 Å². The Morgan fingerprint density at radius 3 is 2.47 bits per heavy atom. The highest BCUT2D eigenvalue weighted by atomic mass is 127. The average Bonchev–Trinajstić information content (AvgIpc) is 2.29. The summed E-state index contributed by atoms with van der Waals surface area (Å²) in [7, 11) is -2.28. The Kier molecular flexibility index (Phi) is 5.34. The number of methoxy groups -OCH3 is 1. The number of sulfonamides is 1. The maximum Gasteiger partial charge on any atom is 0.306 e. The zero-order valence-electron chi connectivity index (χ0n) is 9.14. The Morgan fingerprint density at radius 2 is 1.94 bits per heavy atom. The van der Waals surface area contributed by atoms with Crippen LogP contribution in [-0.4, -0.2) is 28.0 Å². The van der Waals surface area contributed by atoms with E-state index in [2.05, 4.69) is 32.0 Å². The third-order valence-electron chi connectivity index (χ3n) is 1.97. The van der Waals surface area contributed by atoms with Gasteiger partial charge in [-0.1, -0.05) is 0 Å². The van der Waals surface area contributed by atoms with Gasteiger partial charge in [0, 0.05) is 10.1 Å². The number of hydrogen-bond donors (Lipinski definition) is 1. The fourth-order valence-electron chi connectivity index (χ4n) is 1.09. The molecule has 0 aromatic heterocycles. The summed E-state index contributed by atoms with van der Waals surface area (Å²) in [6.45, 7) is 0.0288. The quantitative estimate of drug-likeness (QED) is 0.624. The van der Waals surface area contributed by atoms with Crippen molar-refractivity contribution in [3.05, 3.63) is 27.8 Å². The van der Waals surface area contributed by atoms with Crippen LogP contribution in [0.4, 0.5) is 0 Å². The molecule has 1 aromatic carbocycles. The second kappa shape index (κ2) is 6.31. The predicted octanol–water partition coefficient (Wildman–Crippen LogP) is 1.13. The number of esters is 1. The molecule has 0 aliphatic rings. The summed E-state index contributed by atoms with van der Waals surface area (Å²) in [5.74, 6) is -0.449. The van der Waals surface area contributed by atoms with Crippen LogP contribution >= 0.6 is 22.6 Å². The summed E-state index contributed by atoms with van der Waals surface area (Å²) >= 11 is 2.09. The highest BCUT2D eigenvalue weighted by Gasteiger charge is 2.13. The number of rotatable bonds is 5. The van der Waals surface area contributed by atoms with Crippen molar-refractivity contribution in [1.82, 2.24) is 4.72 Å². The van der Waals surface area contributed by atoms with Gasteiger partial charge in [0.05, 0.1) is 18.4 Å². The van der Waals surface area contributed by atoms with Gasteiger partial charge in [0.15, 0.2) is 0 Å². The molecule has 0 saturated heterocycles. The van der Waals surface area contributed by atoms with Crippen molar-refractivity contribution < 1.29 is 17.9 Å². The number of hydrogen-bond acceptors (Lipinski definition) is 4. The van der Waals surface area contributed by atoms with Crippen LogP contribution in [0.25, 0.3) is 0 Å². The Balaban J connectivity index is 2.63. The Bertz CT molecular complexity index is 484. The van der Waals surface area contributed by atoms with Crippen LogP contribution in [0.15, 0.2) is 29.2 Å². The molecule has 0 aliphatic heterocycles. The molecule has 0 fully saturated rings. The molecular weight excluding hydrogens is 357 g/mol. The average molecular weight is 369 g/mol. The number of benzene rings is 1. The van der Waals surface area contributed by atoms with E-state index in [1.807, 2.05) is 0 Å². The van der Waals surface area contributed by atoms with E-state index in [-0.39, 0.29) is 17.9 Å². The maximum absolute atomic E-state index is 11.7. The monoisotopic (exact) mass is 369 g/mol. The summed E-state index contributed by atoms with van der Waals surface area (Å²) in [4.78, 5) is 11.0. The molecule has 17 heavy (non-hydrogen) atoms. The van der Waals surface area contributed by atoms with Gasteiger partial charge in [-0.3, -0.25) is 4.79 Å². The van der Waals surface area contributed by atoms with Crippen molar-refractivity contribution in [3.8, 4) is 0 Å². The largest absolute Gasteiger partial charge is 0.469 e. The zero-order chi connectivity index (χ0) is 12.9. The minimum atomic E-state index is -3.54. The first kappa shape index (κ1) is 14.4. The standard InChI is InChI=1S/C10H12INO4S/c1-16-10(13)6-7-12-17(14,15)9-4-2-8(11)3-5-9/h2-5,12H,6-7H2,1H3. The van der Waals surface area contributed by atoms with Gasteiger partial charge in [-0.25, -0.2) is 13.1 Å². The number of carbonyl (C=O) groups is 1. The van der Waals surface area contributed by atoms with Gasteiger partial charge < -0.3 is 4.74 Å². The smallest absolute Gasteiger partial charge is 0.306 e. The summed E-state index contributed by atoms with van der Waals surface area (Å²) in [6, 6.07) is 6.44. The van der Waals surface area contributed by atoms with E-state index in [4.69, 9.17) is 0 Å². The Morgan fingerprint density at radius 1 is 1.35 bits per heavy atom. The second-order valence-electron chi connectivity index (χ2n) is 3.18. The van der Waals surface area contributed by atoms with Crippen LogP contribution in [0.5, 0.6) is 0 Å². The first-order valence-corrected chi connectivity index (χ1v) is 7.34. The Hall–Kier alpha value is -0.670.